The maximum absolute atomic E-state index is 12.4. The Labute approximate surface area is 168 Å². The van der Waals surface area contributed by atoms with Crippen molar-refractivity contribution in [1.29, 1.82) is 5.26 Å². The van der Waals surface area contributed by atoms with Gasteiger partial charge in [0.1, 0.15) is 5.82 Å². The number of ether oxygens (including phenoxy) is 2. The minimum atomic E-state index is -0.225. The van der Waals surface area contributed by atoms with Gasteiger partial charge in [-0.1, -0.05) is 6.07 Å². The summed E-state index contributed by atoms with van der Waals surface area (Å²) in [6, 6.07) is 18.0. The van der Waals surface area contributed by atoms with Gasteiger partial charge in [-0.25, -0.2) is 4.98 Å². The molecule has 1 amide bonds. The van der Waals surface area contributed by atoms with Crippen molar-refractivity contribution in [2.75, 3.05) is 19.5 Å². The molecule has 2 aromatic carbocycles. The molecule has 0 unspecified atom stereocenters. The maximum atomic E-state index is 12.4. The molecule has 29 heavy (non-hydrogen) atoms. The predicted molar refractivity (Wildman–Crippen MR) is 109 cm³/mol. The molecule has 0 aliphatic rings. The van der Waals surface area contributed by atoms with Crippen LogP contribution in [0.5, 0.6) is 11.5 Å². The van der Waals surface area contributed by atoms with E-state index in [4.69, 9.17) is 14.7 Å². The van der Waals surface area contributed by atoms with E-state index < -0.39 is 0 Å². The summed E-state index contributed by atoms with van der Waals surface area (Å²) in [5.41, 5.74) is 2.74. The van der Waals surface area contributed by atoms with Gasteiger partial charge in [0.25, 0.3) is 5.91 Å². The lowest BCUT2D eigenvalue weighted by atomic mass is 10.2. The Bertz CT molecular complexity index is 1030. The van der Waals surface area contributed by atoms with Crippen molar-refractivity contribution in [3.8, 4) is 17.6 Å². The number of pyridine rings is 1. The number of carbonyl (C=O) groups is 1. The van der Waals surface area contributed by atoms with Crippen molar-refractivity contribution >= 4 is 17.4 Å². The van der Waals surface area contributed by atoms with Gasteiger partial charge in [-0.2, -0.15) is 5.26 Å². The van der Waals surface area contributed by atoms with Crippen LogP contribution in [0.15, 0.2) is 60.8 Å². The van der Waals surface area contributed by atoms with Crippen LogP contribution >= 0.6 is 0 Å². The van der Waals surface area contributed by atoms with Crippen LogP contribution < -0.4 is 20.1 Å². The van der Waals surface area contributed by atoms with Crippen LogP contribution in [-0.2, 0) is 6.54 Å². The summed E-state index contributed by atoms with van der Waals surface area (Å²) >= 11 is 0. The van der Waals surface area contributed by atoms with E-state index in [1.54, 1.807) is 56.7 Å². The summed E-state index contributed by atoms with van der Waals surface area (Å²) in [5.74, 6) is 1.62. The van der Waals surface area contributed by atoms with Gasteiger partial charge in [0, 0.05) is 18.4 Å². The third kappa shape index (κ3) is 5.02. The minimum absolute atomic E-state index is 0.225. The SMILES string of the molecule is COc1ccc(CNC(=O)c2ccc(Nc3ccc(C#N)cc3)nc2)cc1OC. The first-order valence-corrected chi connectivity index (χ1v) is 8.85. The molecule has 0 fully saturated rings. The smallest absolute Gasteiger partial charge is 0.253 e. The largest absolute Gasteiger partial charge is 0.493 e. The van der Waals surface area contributed by atoms with Crippen LogP contribution in [0.3, 0.4) is 0 Å². The summed E-state index contributed by atoms with van der Waals surface area (Å²) in [7, 11) is 3.14. The van der Waals surface area contributed by atoms with E-state index in [1.807, 2.05) is 12.1 Å². The number of rotatable bonds is 7. The number of aromatic nitrogens is 1. The monoisotopic (exact) mass is 388 g/mol. The number of benzene rings is 2. The van der Waals surface area contributed by atoms with Crippen LogP contribution in [-0.4, -0.2) is 25.1 Å². The quantitative estimate of drug-likeness (QED) is 0.641. The number of methoxy groups -OCH3 is 2. The Morgan fingerprint density at radius 2 is 1.79 bits per heavy atom. The first-order valence-electron chi connectivity index (χ1n) is 8.85. The van der Waals surface area contributed by atoms with Crippen LogP contribution in [0.1, 0.15) is 21.5 Å². The van der Waals surface area contributed by atoms with E-state index in [9.17, 15) is 4.79 Å². The average Bonchev–Trinajstić information content (AvgIpc) is 2.78. The van der Waals surface area contributed by atoms with Crippen LogP contribution in [0, 0.1) is 11.3 Å². The first-order chi connectivity index (χ1) is 14.1. The molecule has 0 saturated heterocycles. The van der Waals surface area contributed by atoms with E-state index in [2.05, 4.69) is 21.7 Å². The third-order valence-electron chi connectivity index (χ3n) is 4.21. The van der Waals surface area contributed by atoms with Crippen molar-refractivity contribution < 1.29 is 14.3 Å². The maximum Gasteiger partial charge on any atom is 0.253 e. The van der Waals surface area contributed by atoms with Crippen LogP contribution in [0.4, 0.5) is 11.5 Å². The molecule has 3 rings (SSSR count). The Balaban J connectivity index is 1.59. The van der Waals surface area contributed by atoms with E-state index in [-0.39, 0.29) is 5.91 Å². The molecule has 0 spiro atoms. The van der Waals surface area contributed by atoms with Crippen molar-refractivity contribution in [2.45, 2.75) is 6.54 Å². The highest BCUT2D eigenvalue weighted by Crippen LogP contribution is 2.27. The molecule has 0 bridgehead atoms. The minimum Gasteiger partial charge on any atom is -0.493 e. The van der Waals surface area contributed by atoms with Crippen molar-refractivity contribution in [1.82, 2.24) is 10.3 Å². The zero-order valence-electron chi connectivity index (χ0n) is 16.1. The lowest BCUT2D eigenvalue weighted by Crippen LogP contribution is -2.23. The predicted octanol–water partition coefficient (Wildman–Crippen LogP) is 3.64. The summed E-state index contributed by atoms with van der Waals surface area (Å²) in [5, 5.41) is 14.8. The molecular weight excluding hydrogens is 368 g/mol. The highest BCUT2D eigenvalue weighted by molar-refractivity contribution is 5.94. The van der Waals surface area contributed by atoms with E-state index in [0.29, 0.717) is 35.0 Å². The topological polar surface area (TPSA) is 96.3 Å². The van der Waals surface area contributed by atoms with Gasteiger partial charge in [0.2, 0.25) is 0 Å². The number of hydrogen-bond acceptors (Lipinski definition) is 6. The summed E-state index contributed by atoms with van der Waals surface area (Å²) in [6.07, 6.45) is 1.51. The van der Waals surface area contributed by atoms with Gasteiger partial charge in [0.05, 0.1) is 31.4 Å². The second-order valence-corrected chi connectivity index (χ2v) is 6.12. The summed E-state index contributed by atoms with van der Waals surface area (Å²) in [4.78, 5) is 16.6. The Morgan fingerprint density at radius 1 is 1.03 bits per heavy atom. The molecule has 7 heteroatoms. The normalized spacial score (nSPS) is 9.97. The van der Waals surface area contributed by atoms with Gasteiger partial charge >= 0.3 is 0 Å². The van der Waals surface area contributed by atoms with Gasteiger partial charge in [-0.15, -0.1) is 0 Å². The number of hydrogen-bond donors (Lipinski definition) is 2. The average molecular weight is 388 g/mol. The fourth-order valence-corrected chi connectivity index (χ4v) is 2.65. The summed E-state index contributed by atoms with van der Waals surface area (Å²) in [6.45, 7) is 0.352. The molecule has 1 heterocycles. The lowest BCUT2D eigenvalue weighted by Gasteiger charge is -2.11. The molecule has 0 radical (unpaired) electrons. The van der Waals surface area contributed by atoms with E-state index in [0.717, 1.165) is 11.3 Å². The van der Waals surface area contributed by atoms with Gasteiger partial charge in [-0.05, 0) is 54.1 Å². The number of anilines is 2. The van der Waals surface area contributed by atoms with Crippen LogP contribution in [0.25, 0.3) is 0 Å². The number of nitriles is 1. The van der Waals surface area contributed by atoms with E-state index in [1.165, 1.54) is 6.20 Å². The molecule has 0 aliphatic carbocycles. The second-order valence-electron chi connectivity index (χ2n) is 6.12. The fourth-order valence-electron chi connectivity index (χ4n) is 2.65. The van der Waals surface area contributed by atoms with Gasteiger partial charge in [0.15, 0.2) is 11.5 Å². The van der Waals surface area contributed by atoms with Crippen LogP contribution in [0.2, 0.25) is 0 Å². The number of nitrogens with zero attached hydrogens (tertiary/aromatic N) is 2. The molecule has 146 valence electrons. The molecular formula is C22H20N4O3. The van der Waals surface area contributed by atoms with Crippen molar-refractivity contribution in [3.63, 3.8) is 0 Å². The Morgan fingerprint density at radius 3 is 2.41 bits per heavy atom. The summed E-state index contributed by atoms with van der Waals surface area (Å²) < 4.78 is 10.5. The number of carbonyl (C=O) groups excluding carboxylic acids is 1. The molecule has 7 nitrogen and oxygen atoms in total. The van der Waals surface area contributed by atoms with Crippen molar-refractivity contribution in [2.24, 2.45) is 0 Å². The first kappa shape index (κ1) is 19.7. The lowest BCUT2D eigenvalue weighted by molar-refractivity contribution is 0.0950. The molecule has 2 N–H and O–H groups in total. The highest BCUT2D eigenvalue weighted by atomic mass is 16.5. The number of nitrogens with one attached hydrogen (secondary N) is 2. The van der Waals surface area contributed by atoms with Gasteiger partial charge < -0.3 is 20.1 Å². The Kier molecular flexibility index (Phi) is 6.28. The number of amides is 1. The molecule has 0 aliphatic heterocycles. The zero-order valence-corrected chi connectivity index (χ0v) is 16.1. The molecule has 3 aromatic rings. The molecule has 1 aromatic heterocycles. The standard InChI is InChI=1S/C22H20N4O3/c1-28-19-9-5-16(11-20(19)29-2)13-25-22(27)17-6-10-21(24-14-17)26-18-7-3-15(12-23)4-8-18/h3-11,14H,13H2,1-2H3,(H,24,26)(H,25,27). The van der Waals surface area contributed by atoms with E-state index >= 15 is 0 Å². The fraction of sp³-hybridized carbons (Fsp3) is 0.136. The Hall–Kier alpha value is -4.05. The highest BCUT2D eigenvalue weighted by Gasteiger charge is 2.09. The second kappa shape index (κ2) is 9.24. The zero-order chi connectivity index (χ0) is 20.6. The molecule has 0 saturated carbocycles. The van der Waals surface area contributed by atoms with Crippen molar-refractivity contribution in [3.05, 3.63) is 77.5 Å². The molecule has 0 atom stereocenters. The third-order valence-corrected chi connectivity index (χ3v) is 4.21. The van der Waals surface area contributed by atoms with Gasteiger partial charge in [-0.3, -0.25) is 4.79 Å².